The molecule has 1 atom stereocenters. The number of nitrogens with one attached hydrogen (secondary N) is 1. The van der Waals surface area contributed by atoms with Crippen LogP contribution in [-0.2, 0) is 9.59 Å². The molecule has 0 aromatic rings. The van der Waals surface area contributed by atoms with E-state index in [0.717, 1.165) is 76.7 Å². The lowest BCUT2D eigenvalue weighted by atomic mass is 9.92. The lowest BCUT2D eigenvalue weighted by molar-refractivity contribution is -0.135. The van der Waals surface area contributed by atoms with Crippen molar-refractivity contribution < 1.29 is 9.59 Å². The highest BCUT2D eigenvalue weighted by Gasteiger charge is 2.28. The van der Waals surface area contributed by atoms with E-state index >= 15 is 0 Å². The predicted octanol–water partition coefficient (Wildman–Crippen LogP) is 0.874. The number of carbonyl (C=O) groups is 2. The van der Waals surface area contributed by atoms with Gasteiger partial charge in [-0.3, -0.25) is 9.59 Å². The molecule has 6 nitrogen and oxygen atoms in total. The van der Waals surface area contributed by atoms with Gasteiger partial charge in [-0.15, -0.1) is 0 Å². The van der Waals surface area contributed by atoms with E-state index < -0.39 is 0 Å². The Morgan fingerprint density at radius 3 is 2.23 bits per heavy atom. The van der Waals surface area contributed by atoms with E-state index in [4.69, 9.17) is 0 Å². The third-order valence-corrected chi connectivity index (χ3v) is 7.15. The number of hydrogen-bond donors (Lipinski definition) is 1. The summed E-state index contributed by atoms with van der Waals surface area (Å²) in [6, 6.07) is 0.335. The number of likely N-dealkylation sites (tertiary alicyclic amines) is 1. The maximum absolute atomic E-state index is 12.6. The van der Waals surface area contributed by atoms with Crippen LogP contribution in [0.3, 0.4) is 0 Å². The number of amides is 2. The Morgan fingerprint density at radius 2 is 1.62 bits per heavy atom. The van der Waals surface area contributed by atoms with Gasteiger partial charge in [-0.2, -0.15) is 11.8 Å². The van der Waals surface area contributed by atoms with Crippen LogP contribution >= 0.6 is 11.8 Å². The Morgan fingerprint density at radius 1 is 0.962 bits per heavy atom. The smallest absolute Gasteiger partial charge is 0.224 e. The molecule has 0 saturated carbocycles. The monoisotopic (exact) mass is 382 g/mol. The topological polar surface area (TPSA) is 55.9 Å². The van der Waals surface area contributed by atoms with Gasteiger partial charge in [0.25, 0.3) is 0 Å². The molecule has 3 rings (SSSR count). The quantitative estimate of drug-likeness (QED) is 0.765. The lowest BCUT2D eigenvalue weighted by Crippen LogP contribution is -2.49. The molecule has 0 aromatic carbocycles. The Labute approximate surface area is 162 Å². The molecule has 0 aliphatic carbocycles. The highest BCUT2D eigenvalue weighted by Crippen LogP contribution is 2.23. The van der Waals surface area contributed by atoms with Crippen LogP contribution in [0.25, 0.3) is 0 Å². The molecule has 2 amide bonds. The minimum atomic E-state index is 0.283. The standard InChI is InChI=1S/C19H34N4O2S/c1-2-21-8-10-23(11-9-21)18(24)13-16-3-6-22(7-4-16)19(25)14-17-15-26-12-5-20-17/h16-17,20H,2-15H2,1H3. The van der Waals surface area contributed by atoms with Gasteiger partial charge >= 0.3 is 0 Å². The third-order valence-electron chi connectivity index (χ3n) is 6.02. The van der Waals surface area contributed by atoms with E-state index in [0.29, 0.717) is 30.7 Å². The molecule has 0 bridgehead atoms. The van der Waals surface area contributed by atoms with Crippen molar-refractivity contribution in [1.82, 2.24) is 20.0 Å². The summed E-state index contributed by atoms with van der Waals surface area (Å²) >= 11 is 1.94. The summed E-state index contributed by atoms with van der Waals surface area (Å²) in [6.07, 6.45) is 3.23. The average molecular weight is 383 g/mol. The first-order valence-corrected chi connectivity index (χ1v) is 11.4. The van der Waals surface area contributed by atoms with Gasteiger partial charge < -0.3 is 20.0 Å². The van der Waals surface area contributed by atoms with Gasteiger partial charge in [0.2, 0.25) is 11.8 Å². The molecule has 3 aliphatic heterocycles. The molecule has 0 aromatic heterocycles. The Hall–Kier alpha value is -0.790. The van der Waals surface area contributed by atoms with Crippen molar-refractivity contribution >= 4 is 23.6 Å². The summed E-state index contributed by atoms with van der Waals surface area (Å²) in [4.78, 5) is 31.5. The number of nitrogens with zero attached hydrogens (tertiary/aromatic N) is 3. The van der Waals surface area contributed by atoms with Crippen LogP contribution in [0.4, 0.5) is 0 Å². The van der Waals surface area contributed by atoms with Crippen molar-refractivity contribution in [3.8, 4) is 0 Å². The van der Waals surface area contributed by atoms with Crippen molar-refractivity contribution in [3.63, 3.8) is 0 Å². The molecule has 3 fully saturated rings. The zero-order chi connectivity index (χ0) is 18.4. The molecule has 7 heteroatoms. The van der Waals surface area contributed by atoms with Crippen LogP contribution in [-0.4, -0.2) is 96.4 Å². The SMILES string of the molecule is CCN1CCN(C(=O)CC2CCN(C(=O)CC3CSCCN3)CC2)CC1. The normalized spacial score (nSPS) is 26.1. The molecule has 3 aliphatic rings. The second-order valence-corrected chi connectivity index (χ2v) is 8.92. The van der Waals surface area contributed by atoms with Gasteiger partial charge in [-0.05, 0) is 25.3 Å². The van der Waals surface area contributed by atoms with Crippen molar-refractivity contribution in [2.24, 2.45) is 5.92 Å². The van der Waals surface area contributed by atoms with Gasteiger partial charge in [0.1, 0.15) is 0 Å². The summed E-state index contributed by atoms with van der Waals surface area (Å²) in [5.41, 5.74) is 0. The number of hydrogen-bond acceptors (Lipinski definition) is 5. The van der Waals surface area contributed by atoms with E-state index in [1.807, 2.05) is 21.6 Å². The van der Waals surface area contributed by atoms with Crippen LogP contribution in [0, 0.1) is 5.92 Å². The predicted molar refractivity (Wildman–Crippen MR) is 106 cm³/mol. The third kappa shape index (κ3) is 5.60. The van der Waals surface area contributed by atoms with Gasteiger partial charge in [-0.25, -0.2) is 0 Å². The summed E-state index contributed by atoms with van der Waals surface area (Å²) in [7, 11) is 0. The number of piperazine rings is 1. The molecule has 0 spiro atoms. The highest BCUT2D eigenvalue weighted by molar-refractivity contribution is 7.99. The first-order valence-electron chi connectivity index (χ1n) is 10.2. The molecular weight excluding hydrogens is 348 g/mol. The second-order valence-electron chi connectivity index (χ2n) is 7.77. The van der Waals surface area contributed by atoms with E-state index in [1.165, 1.54) is 0 Å². The summed E-state index contributed by atoms with van der Waals surface area (Å²) < 4.78 is 0. The number of thioether (sulfide) groups is 1. The molecule has 3 heterocycles. The summed E-state index contributed by atoms with van der Waals surface area (Å²) in [5, 5.41) is 3.45. The maximum Gasteiger partial charge on any atom is 0.224 e. The van der Waals surface area contributed by atoms with Gasteiger partial charge in [0.15, 0.2) is 0 Å². The fourth-order valence-electron chi connectivity index (χ4n) is 4.17. The van der Waals surface area contributed by atoms with Crippen molar-refractivity contribution in [1.29, 1.82) is 0 Å². The first-order chi connectivity index (χ1) is 12.7. The largest absolute Gasteiger partial charge is 0.343 e. The zero-order valence-electron chi connectivity index (χ0n) is 16.1. The van der Waals surface area contributed by atoms with Crippen LogP contribution in [0.5, 0.6) is 0 Å². The van der Waals surface area contributed by atoms with Gasteiger partial charge in [0.05, 0.1) is 0 Å². The van der Waals surface area contributed by atoms with Crippen LogP contribution in [0.15, 0.2) is 0 Å². The van der Waals surface area contributed by atoms with E-state index in [-0.39, 0.29) is 5.91 Å². The lowest BCUT2D eigenvalue weighted by Gasteiger charge is -2.36. The van der Waals surface area contributed by atoms with E-state index in [9.17, 15) is 9.59 Å². The average Bonchev–Trinajstić information content (AvgIpc) is 2.69. The molecule has 1 N–H and O–H groups in total. The van der Waals surface area contributed by atoms with Crippen molar-refractivity contribution in [2.45, 2.75) is 38.6 Å². The Balaban J connectivity index is 1.35. The number of carbonyl (C=O) groups excluding carboxylic acids is 2. The maximum atomic E-state index is 12.6. The number of piperidine rings is 1. The Bertz CT molecular complexity index is 468. The van der Waals surface area contributed by atoms with Crippen molar-refractivity contribution in [2.75, 3.05) is 63.9 Å². The first kappa shape index (κ1) is 20.0. The van der Waals surface area contributed by atoms with Gasteiger partial charge in [0, 0.05) is 76.2 Å². The fraction of sp³-hybridized carbons (Fsp3) is 0.895. The molecule has 0 radical (unpaired) electrons. The summed E-state index contributed by atoms with van der Waals surface area (Å²) in [6.45, 7) is 9.65. The van der Waals surface area contributed by atoms with Gasteiger partial charge in [-0.1, -0.05) is 6.92 Å². The molecule has 26 heavy (non-hydrogen) atoms. The van der Waals surface area contributed by atoms with Crippen LogP contribution in [0.1, 0.15) is 32.6 Å². The molecule has 1 unspecified atom stereocenters. The van der Waals surface area contributed by atoms with E-state index in [2.05, 4.69) is 17.1 Å². The van der Waals surface area contributed by atoms with Crippen LogP contribution < -0.4 is 5.32 Å². The van der Waals surface area contributed by atoms with Crippen LogP contribution in [0.2, 0.25) is 0 Å². The zero-order valence-corrected chi connectivity index (χ0v) is 16.9. The fourth-order valence-corrected chi connectivity index (χ4v) is 5.12. The summed E-state index contributed by atoms with van der Waals surface area (Å²) in [5.74, 6) is 3.23. The minimum absolute atomic E-state index is 0.283. The Kier molecular flexibility index (Phi) is 7.64. The number of likely N-dealkylation sites (N-methyl/N-ethyl adjacent to an activating group) is 1. The number of rotatable bonds is 5. The highest BCUT2D eigenvalue weighted by atomic mass is 32.2. The molecule has 148 valence electrons. The molecule has 3 saturated heterocycles. The molecular formula is C19H34N4O2S. The van der Waals surface area contributed by atoms with E-state index in [1.54, 1.807) is 0 Å². The second kappa shape index (κ2) is 9.95. The minimum Gasteiger partial charge on any atom is -0.343 e. The van der Waals surface area contributed by atoms with Crippen molar-refractivity contribution in [3.05, 3.63) is 0 Å².